The monoisotopic (exact) mass is 358 g/mol. The third-order valence-corrected chi connectivity index (χ3v) is 4.61. The minimum atomic E-state index is -0.916. The van der Waals surface area contributed by atoms with Crippen LogP contribution in [0.4, 0.5) is 0 Å². The minimum Gasteiger partial charge on any atom is -0.478 e. The summed E-state index contributed by atoms with van der Waals surface area (Å²) >= 11 is 5.86. The van der Waals surface area contributed by atoms with Crippen LogP contribution in [-0.2, 0) is 6.54 Å². The van der Waals surface area contributed by atoms with E-state index in [2.05, 4.69) is 4.90 Å². The van der Waals surface area contributed by atoms with Crippen LogP contribution in [0.25, 0.3) is 0 Å². The highest BCUT2D eigenvalue weighted by molar-refractivity contribution is 6.30. The van der Waals surface area contributed by atoms with Crippen molar-refractivity contribution >= 4 is 23.5 Å². The molecule has 1 fully saturated rings. The van der Waals surface area contributed by atoms with Crippen molar-refractivity contribution in [3.63, 3.8) is 0 Å². The summed E-state index contributed by atoms with van der Waals surface area (Å²) in [5, 5.41) is 9.55. The predicted molar refractivity (Wildman–Crippen MR) is 96.0 cm³/mol. The normalized spacial score (nSPS) is 15.2. The van der Waals surface area contributed by atoms with Crippen molar-refractivity contribution < 1.29 is 14.7 Å². The summed E-state index contributed by atoms with van der Waals surface area (Å²) in [4.78, 5) is 27.5. The average Bonchev–Trinajstić information content (AvgIpc) is 2.63. The van der Waals surface area contributed by atoms with Crippen LogP contribution in [0.1, 0.15) is 26.3 Å². The summed E-state index contributed by atoms with van der Waals surface area (Å²) < 4.78 is 0. The lowest BCUT2D eigenvalue weighted by molar-refractivity contribution is 0.0628. The summed E-state index contributed by atoms with van der Waals surface area (Å²) in [6, 6.07) is 13.9. The number of benzene rings is 2. The third kappa shape index (κ3) is 4.38. The van der Waals surface area contributed by atoms with Crippen LogP contribution in [0.3, 0.4) is 0 Å². The number of halogens is 1. The van der Waals surface area contributed by atoms with Crippen molar-refractivity contribution in [2.75, 3.05) is 26.2 Å². The van der Waals surface area contributed by atoms with Gasteiger partial charge >= 0.3 is 5.97 Å². The molecule has 0 bridgehead atoms. The molecule has 1 heterocycles. The zero-order valence-electron chi connectivity index (χ0n) is 13.7. The maximum absolute atomic E-state index is 12.5. The number of hydrogen-bond donors (Lipinski definition) is 1. The molecule has 25 heavy (non-hydrogen) atoms. The number of carbonyl (C=O) groups excluding carboxylic acids is 1. The van der Waals surface area contributed by atoms with Crippen molar-refractivity contribution in [3.05, 3.63) is 70.2 Å². The molecular formula is C19H19ClN2O3. The lowest BCUT2D eigenvalue weighted by atomic mass is 10.1. The number of nitrogens with zero attached hydrogens (tertiary/aromatic N) is 2. The SMILES string of the molecule is O=C(O)c1ccc(CN2CCN(C(=O)c3ccc(Cl)cc3)CC2)cc1. The van der Waals surface area contributed by atoms with Crippen LogP contribution in [-0.4, -0.2) is 53.0 Å². The van der Waals surface area contributed by atoms with Gasteiger partial charge in [-0.3, -0.25) is 9.69 Å². The molecule has 1 aliphatic rings. The van der Waals surface area contributed by atoms with Gasteiger partial charge in [0.05, 0.1) is 5.56 Å². The van der Waals surface area contributed by atoms with E-state index in [-0.39, 0.29) is 5.91 Å². The van der Waals surface area contributed by atoms with Crippen LogP contribution in [0.2, 0.25) is 5.02 Å². The predicted octanol–water partition coefficient (Wildman–Crippen LogP) is 3.00. The van der Waals surface area contributed by atoms with Crippen molar-refractivity contribution in [2.45, 2.75) is 6.54 Å². The van der Waals surface area contributed by atoms with E-state index in [1.807, 2.05) is 17.0 Å². The lowest BCUT2D eigenvalue weighted by Crippen LogP contribution is -2.48. The summed E-state index contributed by atoms with van der Waals surface area (Å²) in [7, 11) is 0. The molecule has 1 aliphatic heterocycles. The number of carboxylic acid groups (broad SMARTS) is 1. The van der Waals surface area contributed by atoms with E-state index in [1.165, 1.54) is 0 Å². The highest BCUT2D eigenvalue weighted by atomic mass is 35.5. The second-order valence-electron chi connectivity index (χ2n) is 6.08. The van der Waals surface area contributed by atoms with Crippen LogP contribution >= 0.6 is 11.6 Å². The van der Waals surface area contributed by atoms with E-state index in [9.17, 15) is 9.59 Å². The van der Waals surface area contributed by atoms with Gasteiger partial charge in [0, 0.05) is 43.3 Å². The summed E-state index contributed by atoms with van der Waals surface area (Å²) in [6.07, 6.45) is 0. The first-order chi connectivity index (χ1) is 12.0. The Morgan fingerprint density at radius 1 is 0.880 bits per heavy atom. The molecule has 2 aromatic rings. The van der Waals surface area contributed by atoms with Gasteiger partial charge < -0.3 is 10.0 Å². The van der Waals surface area contributed by atoms with E-state index in [4.69, 9.17) is 16.7 Å². The van der Waals surface area contributed by atoms with Crippen LogP contribution < -0.4 is 0 Å². The molecule has 0 aliphatic carbocycles. The van der Waals surface area contributed by atoms with Gasteiger partial charge in [-0.25, -0.2) is 4.79 Å². The zero-order valence-corrected chi connectivity index (χ0v) is 14.4. The topological polar surface area (TPSA) is 60.9 Å². The van der Waals surface area contributed by atoms with E-state index in [1.54, 1.807) is 36.4 Å². The average molecular weight is 359 g/mol. The Hall–Kier alpha value is -2.37. The molecule has 5 nitrogen and oxygen atoms in total. The Morgan fingerprint density at radius 2 is 1.44 bits per heavy atom. The Morgan fingerprint density at radius 3 is 2.00 bits per heavy atom. The number of hydrogen-bond acceptors (Lipinski definition) is 3. The fourth-order valence-corrected chi connectivity index (χ4v) is 3.02. The standard InChI is InChI=1S/C19H19ClN2O3/c20-17-7-5-15(6-8-17)18(23)22-11-9-21(10-12-22)13-14-1-3-16(4-2-14)19(24)25/h1-8H,9-13H2,(H,24,25). The molecule has 0 aromatic heterocycles. The molecule has 0 atom stereocenters. The van der Waals surface area contributed by atoms with Gasteiger partial charge in [0.2, 0.25) is 0 Å². The van der Waals surface area contributed by atoms with E-state index < -0.39 is 5.97 Å². The molecule has 1 amide bonds. The fourth-order valence-electron chi connectivity index (χ4n) is 2.90. The minimum absolute atomic E-state index is 0.0297. The first kappa shape index (κ1) is 17.5. The first-order valence-electron chi connectivity index (χ1n) is 8.12. The highest BCUT2D eigenvalue weighted by Crippen LogP contribution is 2.14. The molecule has 2 aromatic carbocycles. The fraction of sp³-hybridized carbons (Fsp3) is 0.263. The smallest absolute Gasteiger partial charge is 0.335 e. The number of amides is 1. The van der Waals surface area contributed by atoms with E-state index in [0.717, 1.165) is 25.2 Å². The third-order valence-electron chi connectivity index (χ3n) is 4.36. The van der Waals surface area contributed by atoms with Crippen LogP contribution in [0.5, 0.6) is 0 Å². The highest BCUT2D eigenvalue weighted by Gasteiger charge is 2.22. The van der Waals surface area contributed by atoms with Crippen molar-refractivity contribution in [1.82, 2.24) is 9.80 Å². The van der Waals surface area contributed by atoms with Gasteiger partial charge in [-0.05, 0) is 42.0 Å². The van der Waals surface area contributed by atoms with Gasteiger partial charge in [0.15, 0.2) is 0 Å². The van der Waals surface area contributed by atoms with Crippen molar-refractivity contribution in [1.29, 1.82) is 0 Å². The van der Waals surface area contributed by atoms with Gasteiger partial charge in [-0.2, -0.15) is 0 Å². The Balaban J connectivity index is 1.53. The molecule has 130 valence electrons. The second-order valence-corrected chi connectivity index (χ2v) is 6.51. The van der Waals surface area contributed by atoms with Crippen LogP contribution in [0, 0.1) is 0 Å². The summed E-state index contributed by atoms with van der Waals surface area (Å²) in [5.74, 6) is -0.886. The number of piperazine rings is 1. The summed E-state index contributed by atoms with van der Waals surface area (Å²) in [5.41, 5.74) is 2.02. The number of rotatable bonds is 4. The Labute approximate surface area is 151 Å². The maximum atomic E-state index is 12.5. The molecule has 0 radical (unpaired) electrons. The second kappa shape index (κ2) is 7.68. The first-order valence-corrected chi connectivity index (χ1v) is 8.50. The zero-order chi connectivity index (χ0) is 17.8. The van der Waals surface area contributed by atoms with Gasteiger partial charge in [0.25, 0.3) is 5.91 Å². The number of aromatic carboxylic acids is 1. The largest absolute Gasteiger partial charge is 0.478 e. The summed E-state index contributed by atoms with van der Waals surface area (Å²) in [6.45, 7) is 3.69. The molecule has 6 heteroatoms. The number of carboxylic acids is 1. The molecule has 0 saturated carbocycles. The van der Waals surface area contributed by atoms with Crippen molar-refractivity contribution in [3.8, 4) is 0 Å². The lowest BCUT2D eigenvalue weighted by Gasteiger charge is -2.34. The Bertz CT molecular complexity index is 751. The molecule has 3 rings (SSSR count). The van der Waals surface area contributed by atoms with E-state index >= 15 is 0 Å². The molecule has 1 saturated heterocycles. The molecule has 0 unspecified atom stereocenters. The molecule has 1 N–H and O–H groups in total. The van der Waals surface area contributed by atoms with Gasteiger partial charge in [0.1, 0.15) is 0 Å². The van der Waals surface area contributed by atoms with Gasteiger partial charge in [-0.1, -0.05) is 23.7 Å². The molecular weight excluding hydrogens is 340 g/mol. The molecule has 0 spiro atoms. The van der Waals surface area contributed by atoms with Gasteiger partial charge in [-0.15, -0.1) is 0 Å². The number of carbonyl (C=O) groups is 2. The maximum Gasteiger partial charge on any atom is 0.335 e. The van der Waals surface area contributed by atoms with E-state index in [0.29, 0.717) is 29.2 Å². The van der Waals surface area contributed by atoms with Crippen LogP contribution in [0.15, 0.2) is 48.5 Å². The van der Waals surface area contributed by atoms with Crippen molar-refractivity contribution in [2.24, 2.45) is 0 Å². The Kier molecular flexibility index (Phi) is 5.36. The quantitative estimate of drug-likeness (QED) is 0.912.